The van der Waals surface area contributed by atoms with Crippen molar-refractivity contribution in [3.05, 3.63) is 167 Å². The second kappa shape index (κ2) is 13.2. The summed E-state index contributed by atoms with van der Waals surface area (Å²) in [7, 11) is 0. The van der Waals surface area contributed by atoms with E-state index >= 15 is 0 Å². The van der Waals surface area contributed by atoms with E-state index in [9.17, 15) is 0 Å². The van der Waals surface area contributed by atoms with E-state index in [4.69, 9.17) is 0 Å². The quantitative estimate of drug-likeness (QED) is 0.197. The van der Waals surface area contributed by atoms with Crippen LogP contribution >= 0.6 is 0 Å². The van der Waals surface area contributed by atoms with Gasteiger partial charge in [0.2, 0.25) is 0 Å². The van der Waals surface area contributed by atoms with Gasteiger partial charge in [0.25, 0.3) is 0 Å². The highest BCUT2D eigenvalue weighted by atomic mass is 15.1. The second-order valence-corrected chi connectivity index (χ2v) is 12.9. The normalized spacial score (nSPS) is 18.9. The van der Waals surface area contributed by atoms with Crippen LogP contribution in [0.5, 0.6) is 0 Å². The summed E-state index contributed by atoms with van der Waals surface area (Å²) in [5.74, 6) is 0.301. The molecule has 2 unspecified atom stereocenters. The maximum Gasteiger partial charge on any atom is 0.0587 e. The van der Waals surface area contributed by atoms with Crippen molar-refractivity contribution in [2.75, 3.05) is 4.90 Å². The molecule has 4 aromatic carbocycles. The number of fused-ring (bicyclic) bond motifs is 2. The number of anilines is 2. The Hall–Kier alpha value is -5.28. The lowest BCUT2D eigenvalue weighted by Crippen LogP contribution is -2.33. The lowest BCUT2D eigenvalue weighted by molar-refractivity contribution is 0.485. The Kier molecular flexibility index (Phi) is 8.54. The van der Waals surface area contributed by atoms with Gasteiger partial charge in [0.05, 0.1) is 6.04 Å². The smallest absolute Gasteiger partial charge is 0.0587 e. The summed E-state index contributed by atoms with van der Waals surface area (Å²) >= 11 is 0. The molecule has 0 fully saturated rings. The minimum absolute atomic E-state index is 0.185. The van der Waals surface area contributed by atoms with E-state index in [2.05, 4.69) is 188 Å². The third-order valence-corrected chi connectivity index (χ3v) is 9.40. The van der Waals surface area contributed by atoms with Crippen LogP contribution in [0.25, 0.3) is 33.8 Å². The molecule has 7 rings (SSSR count). The minimum atomic E-state index is 0.185. The van der Waals surface area contributed by atoms with Crippen molar-refractivity contribution in [3.8, 4) is 0 Å². The molecule has 1 heterocycles. The maximum atomic E-state index is 3.67. The van der Waals surface area contributed by atoms with Crippen LogP contribution < -0.4 is 20.8 Å². The van der Waals surface area contributed by atoms with Crippen molar-refractivity contribution < 1.29 is 0 Å². The Labute approximate surface area is 278 Å². The maximum absolute atomic E-state index is 3.67. The van der Waals surface area contributed by atoms with E-state index in [1.54, 1.807) is 0 Å². The number of hydrogen-bond donors (Lipinski definition) is 1. The third kappa shape index (κ3) is 6.26. The van der Waals surface area contributed by atoms with Gasteiger partial charge in [0.1, 0.15) is 0 Å². The molecule has 0 amide bonds. The van der Waals surface area contributed by atoms with Crippen LogP contribution in [0.3, 0.4) is 0 Å². The van der Waals surface area contributed by atoms with E-state index in [0.717, 1.165) is 24.2 Å². The molecule has 0 saturated heterocycles. The fourth-order valence-corrected chi connectivity index (χ4v) is 7.07. The average Bonchev–Trinajstić information content (AvgIpc) is 3.39. The molecular weight excluding hydrogens is 571 g/mol. The van der Waals surface area contributed by atoms with E-state index in [-0.39, 0.29) is 6.04 Å². The molecule has 1 N–H and O–H groups in total. The first-order valence-corrected chi connectivity index (χ1v) is 16.8. The zero-order valence-corrected chi connectivity index (χ0v) is 27.8. The van der Waals surface area contributed by atoms with Crippen LogP contribution in [0.1, 0.15) is 45.2 Å². The van der Waals surface area contributed by atoms with Gasteiger partial charge in [-0.1, -0.05) is 97.5 Å². The topological polar surface area (TPSA) is 20.2 Å². The molecule has 5 aromatic rings. The van der Waals surface area contributed by atoms with Crippen LogP contribution in [0.15, 0.2) is 151 Å². The van der Waals surface area contributed by atoms with Crippen LogP contribution in [0, 0.1) is 12.8 Å². The first kappa shape index (κ1) is 30.4. The molecule has 2 aliphatic carbocycles. The lowest BCUT2D eigenvalue weighted by Gasteiger charge is -2.27. The van der Waals surface area contributed by atoms with Gasteiger partial charge in [-0.25, -0.2) is 0 Å². The van der Waals surface area contributed by atoms with Crippen LogP contribution in [0.2, 0.25) is 0 Å². The monoisotopic (exact) mass is 613 g/mol. The SMILES string of the molecule is C\C=c1/c(=C\C=C\N(c2cccc(C)c2)c2ccc3ccccc3c2)n(C2C=CC(NC3=CCCC(C)=C3)=CC2C)c2ccccc12. The Balaban J connectivity index is 1.30. The van der Waals surface area contributed by atoms with Gasteiger partial charge in [-0.2, -0.15) is 0 Å². The highest BCUT2D eigenvalue weighted by Crippen LogP contribution is 2.31. The van der Waals surface area contributed by atoms with Gasteiger partial charge in [-0.3, -0.25) is 0 Å². The number of allylic oxidation sites excluding steroid dienone is 7. The molecule has 2 aliphatic rings. The molecule has 2 atom stereocenters. The van der Waals surface area contributed by atoms with E-state index in [1.807, 2.05) is 0 Å². The molecule has 3 nitrogen and oxygen atoms in total. The molecule has 234 valence electrons. The minimum Gasteiger partial charge on any atom is -0.356 e. The summed E-state index contributed by atoms with van der Waals surface area (Å²) in [5.41, 5.74) is 8.56. The molecule has 0 aliphatic heterocycles. The van der Waals surface area contributed by atoms with Crippen LogP contribution in [0.4, 0.5) is 11.4 Å². The number of benzene rings is 4. The summed E-state index contributed by atoms with van der Waals surface area (Å²) in [6, 6.07) is 33.0. The van der Waals surface area contributed by atoms with Crippen molar-refractivity contribution in [3.63, 3.8) is 0 Å². The lowest BCUT2D eigenvalue weighted by atomic mass is 9.94. The number of rotatable bonds is 7. The standard InChI is InChI=1S/C44H43N3/c1-5-40-41-19-8-9-20-44(41)47(42-25-23-37(29-33(42)4)45-36-17-10-13-31(2)27-36)43(40)21-12-26-46(38-18-11-14-32(3)28-38)39-24-22-34-15-6-7-16-35(34)30-39/h5-9,11-12,14-30,33,42,45H,10,13H2,1-4H3/b26-12+,40-5-,43-21+. The fraction of sp³-hybridized carbons (Fsp3) is 0.182. The van der Waals surface area contributed by atoms with Crippen molar-refractivity contribution in [2.24, 2.45) is 5.92 Å². The fourth-order valence-electron chi connectivity index (χ4n) is 7.07. The molecule has 3 heteroatoms. The van der Waals surface area contributed by atoms with Gasteiger partial charge in [0.15, 0.2) is 0 Å². The van der Waals surface area contributed by atoms with Gasteiger partial charge in [-0.15, -0.1) is 0 Å². The van der Waals surface area contributed by atoms with Crippen LogP contribution in [-0.4, -0.2) is 4.57 Å². The van der Waals surface area contributed by atoms with Crippen molar-refractivity contribution in [2.45, 2.75) is 46.6 Å². The Bertz CT molecular complexity index is 2240. The molecule has 0 bridgehead atoms. The average molecular weight is 614 g/mol. The molecule has 0 spiro atoms. The van der Waals surface area contributed by atoms with Crippen molar-refractivity contribution >= 4 is 45.2 Å². The number of aromatic nitrogens is 1. The summed E-state index contributed by atoms with van der Waals surface area (Å²) < 4.78 is 2.53. The zero-order valence-electron chi connectivity index (χ0n) is 27.8. The zero-order chi connectivity index (χ0) is 32.3. The van der Waals surface area contributed by atoms with Gasteiger partial charge in [0, 0.05) is 56.4 Å². The second-order valence-electron chi connectivity index (χ2n) is 12.9. The van der Waals surface area contributed by atoms with Gasteiger partial charge >= 0.3 is 0 Å². The first-order chi connectivity index (χ1) is 23.0. The van der Waals surface area contributed by atoms with E-state index in [0.29, 0.717) is 5.92 Å². The predicted molar refractivity (Wildman–Crippen MR) is 202 cm³/mol. The molecule has 0 saturated carbocycles. The largest absolute Gasteiger partial charge is 0.356 e. The van der Waals surface area contributed by atoms with Crippen LogP contribution in [-0.2, 0) is 0 Å². The Morgan fingerprint density at radius 3 is 2.47 bits per heavy atom. The molecule has 0 radical (unpaired) electrons. The Morgan fingerprint density at radius 2 is 1.66 bits per heavy atom. The molecule has 47 heavy (non-hydrogen) atoms. The number of nitrogens with zero attached hydrogens (tertiary/aromatic N) is 2. The van der Waals surface area contributed by atoms with Gasteiger partial charge in [-0.05, 0) is 105 Å². The summed E-state index contributed by atoms with van der Waals surface area (Å²) in [6.45, 7) is 8.84. The number of nitrogens with one attached hydrogen (secondary N) is 1. The number of hydrogen-bond acceptors (Lipinski definition) is 2. The number of aryl methyl sites for hydroxylation is 1. The molecular formula is C44H43N3. The van der Waals surface area contributed by atoms with E-state index < -0.39 is 0 Å². The van der Waals surface area contributed by atoms with Crippen molar-refractivity contribution in [1.82, 2.24) is 9.88 Å². The predicted octanol–water partition coefficient (Wildman–Crippen LogP) is 9.88. The third-order valence-electron chi connectivity index (χ3n) is 9.40. The number of para-hydroxylation sites is 1. The first-order valence-electron chi connectivity index (χ1n) is 16.8. The summed E-state index contributed by atoms with van der Waals surface area (Å²) in [6.07, 6.45) is 22.8. The summed E-state index contributed by atoms with van der Waals surface area (Å²) in [4.78, 5) is 2.29. The molecule has 1 aromatic heterocycles. The summed E-state index contributed by atoms with van der Waals surface area (Å²) in [5, 5.41) is 9.90. The highest BCUT2D eigenvalue weighted by Gasteiger charge is 2.22. The highest BCUT2D eigenvalue weighted by molar-refractivity contribution is 5.87. The Morgan fingerprint density at radius 1 is 0.851 bits per heavy atom. The van der Waals surface area contributed by atoms with E-state index in [1.165, 1.54) is 54.8 Å². The van der Waals surface area contributed by atoms with Crippen molar-refractivity contribution in [1.29, 1.82) is 0 Å². The van der Waals surface area contributed by atoms with Gasteiger partial charge < -0.3 is 14.8 Å².